The van der Waals surface area contributed by atoms with Gasteiger partial charge in [-0.25, -0.2) is 0 Å². The first-order valence-corrected chi connectivity index (χ1v) is 7.50. The Hall–Kier alpha value is -1.55. The van der Waals surface area contributed by atoms with E-state index in [4.69, 9.17) is 4.74 Å². The predicted octanol–water partition coefficient (Wildman–Crippen LogP) is 1.84. The van der Waals surface area contributed by atoms with Gasteiger partial charge in [0.15, 0.2) is 0 Å². The van der Waals surface area contributed by atoms with Gasteiger partial charge < -0.3 is 15.0 Å². The predicted molar refractivity (Wildman–Crippen MR) is 80.0 cm³/mol. The molecule has 0 unspecified atom stereocenters. The summed E-state index contributed by atoms with van der Waals surface area (Å²) in [7, 11) is 0. The minimum Gasteiger partial charge on any atom is -0.493 e. The number of nitrogens with zero attached hydrogens (tertiary/aromatic N) is 1. The Morgan fingerprint density at radius 2 is 2.05 bits per heavy atom. The van der Waals surface area contributed by atoms with Gasteiger partial charge in [0.05, 0.1) is 6.61 Å². The zero-order chi connectivity index (χ0) is 14.2. The minimum atomic E-state index is 0.247. The zero-order valence-electron chi connectivity index (χ0n) is 12.2. The highest BCUT2D eigenvalue weighted by atomic mass is 16.5. The van der Waals surface area contributed by atoms with Crippen LogP contribution in [-0.2, 0) is 11.2 Å². The van der Waals surface area contributed by atoms with Gasteiger partial charge in [-0.2, -0.15) is 0 Å². The zero-order valence-corrected chi connectivity index (χ0v) is 12.2. The molecule has 0 saturated carbocycles. The van der Waals surface area contributed by atoms with Gasteiger partial charge >= 0.3 is 0 Å². The van der Waals surface area contributed by atoms with Crippen LogP contribution in [0.1, 0.15) is 25.3 Å². The van der Waals surface area contributed by atoms with Crippen molar-refractivity contribution in [3.8, 4) is 5.75 Å². The smallest absolute Gasteiger partial charge is 0.222 e. The molecular weight excluding hydrogens is 252 g/mol. The molecule has 4 heteroatoms. The summed E-state index contributed by atoms with van der Waals surface area (Å²) in [6.45, 7) is 6.28. The summed E-state index contributed by atoms with van der Waals surface area (Å²) in [6, 6.07) is 8.02. The fraction of sp³-hybridized carbons (Fsp3) is 0.562. The van der Waals surface area contributed by atoms with Crippen LogP contribution in [0.4, 0.5) is 0 Å². The number of ether oxygens (including phenoxy) is 1. The molecule has 1 amide bonds. The second-order valence-electron chi connectivity index (χ2n) is 5.09. The largest absolute Gasteiger partial charge is 0.493 e. The number of benzene rings is 1. The van der Waals surface area contributed by atoms with Crippen LogP contribution in [0, 0.1) is 0 Å². The number of aryl methyl sites for hydroxylation is 1. The molecule has 1 fully saturated rings. The maximum Gasteiger partial charge on any atom is 0.222 e. The Morgan fingerprint density at radius 3 is 2.80 bits per heavy atom. The molecule has 1 N–H and O–H groups in total. The van der Waals surface area contributed by atoms with Crippen LogP contribution in [0.2, 0.25) is 0 Å². The first kappa shape index (κ1) is 14.9. The van der Waals surface area contributed by atoms with Crippen molar-refractivity contribution in [1.82, 2.24) is 10.2 Å². The van der Waals surface area contributed by atoms with Gasteiger partial charge in [0.2, 0.25) is 5.91 Å². The van der Waals surface area contributed by atoms with Crippen molar-refractivity contribution >= 4 is 5.91 Å². The molecule has 0 atom stereocenters. The summed E-state index contributed by atoms with van der Waals surface area (Å²) in [5.74, 6) is 1.17. The third-order valence-electron chi connectivity index (χ3n) is 3.51. The van der Waals surface area contributed by atoms with Crippen LogP contribution in [0.25, 0.3) is 0 Å². The highest BCUT2D eigenvalue weighted by Gasteiger charge is 2.16. The lowest BCUT2D eigenvalue weighted by Gasteiger charge is -2.27. The van der Waals surface area contributed by atoms with Crippen LogP contribution in [0.5, 0.6) is 5.75 Å². The normalized spacial score (nSPS) is 15.2. The van der Waals surface area contributed by atoms with E-state index < -0.39 is 0 Å². The van der Waals surface area contributed by atoms with Gasteiger partial charge in [0, 0.05) is 32.6 Å². The topological polar surface area (TPSA) is 41.6 Å². The molecule has 1 aromatic carbocycles. The molecule has 0 spiro atoms. The lowest BCUT2D eigenvalue weighted by molar-refractivity contribution is -0.131. The van der Waals surface area contributed by atoms with Crippen LogP contribution in [-0.4, -0.2) is 43.6 Å². The van der Waals surface area contributed by atoms with E-state index in [0.29, 0.717) is 6.42 Å². The van der Waals surface area contributed by atoms with Crippen molar-refractivity contribution in [2.24, 2.45) is 0 Å². The van der Waals surface area contributed by atoms with E-state index in [1.54, 1.807) is 0 Å². The van der Waals surface area contributed by atoms with E-state index in [1.807, 2.05) is 23.1 Å². The fourth-order valence-electron chi connectivity index (χ4n) is 2.38. The summed E-state index contributed by atoms with van der Waals surface area (Å²) in [5.41, 5.74) is 1.13. The SMILES string of the molecule is CCCOc1ccccc1CCC(=O)N1CCNCC1. The third kappa shape index (κ3) is 4.23. The molecule has 110 valence electrons. The van der Waals surface area contributed by atoms with E-state index in [1.165, 1.54) is 0 Å². The molecule has 1 aliphatic heterocycles. The van der Waals surface area contributed by atoms with Crippen LogP contribution >= 0.6 is 0 Å². The van der Waals surface area contributed by atoms with Crippen molar-refractivity contribution in [2.75, 3.05) is 32.8 Å². The molecule has 0 radical (unpaired) electrons. The Morgan fingerprint density at radius 1 is 1.30 bits per heavy atom. The van der Waals surface area contributed by atoms with Gasteiger partial charge in [-0.05, 0) is 24.5 Å². The van der Waals surface area contributed by atoms with Crippen LogP contribution in [0.15, 0.2) is 24.3 Å². The van der Waals surface area contributed by atoms with Crippen molar-refractivity contribution in [3.05, 3.63) is 29.8 Å². The summed E-state index contributed by atoms with van der Waals surface area (Å²) in [4.78, 5) is 14.1. The maximum absolute atomic E-state index is 12.2. The Kier molecular flexibility index (Phi) is 5.87. The lowest BCUT2D eigenvalue weighted by Crippen LogP contribution is -2.46. The quantitative estimate of drug-likeness (QED) is 0.862. The van der Waals surface area contributed by atoms with E-state index in [9.17, 15) is 4.79 Å². The molecule has 4 nitrogen and oxygen atoms in total. The minimum absolute atomic E-state index is 0.247. The molecule has 1 aliphatic rings. The molecule has 2 rings (SSSR count). The molecule has 1 aromatic rings. The Labute approximate surface area is 121 Å². The van der Waals surface area contributed by atoms with Gasteiger partial charge in [-0.15, -0.1) is 0 Å². The second-order valence-corrected chi connectivity index (χ2v) is 5.09. The van der Waals surface area contributed by atoms with Crippen molar-refractivity contribution in [3.63, 3.8) is 0 Å². The van der Waals surface area contributed by atoms with E-state index in [2.05, 4.69) is 18.3 Å². The first-order chi connectivity index (χ1) is 9.81. The number of amides is 1. The van der Waals surface area contributed by atoms with Crippen LogP contribution in [0.3, 0.4) is 0 Å². The Bertz CT molecular complexity index is 428. The summed E-state index contributed by atoms with van der Waals surface area (Å²) in [6.07, 6.45) is 2.31. The van der Waals surface area contributed by atoms with Gasteiger partial charge in [-0.1, -0.05) is 25.1 Å². The number of piperazine rings is 1. The first-order valence-electron chi connectivity index (χ1n) is 7.50. The van der Waals surface area contributed by atoms with E-state index >= 15 is 0 Å². The number of hydrogen-bond acceptors (Lipinski definition) is 3. The lowest BCUT2D eigenvalue weighted by atomic mass is 10.1. The third-order valence-corrected chi connectivity index (χ3v) is 3.51. The van der Waals surface area contributed by atoms with Crippen molar-refractivity contribution in [1.29, 1.82) is 0 Å². The van der Waals surface area contributed by atoms with E-state index in [0.717, 1.165) is 56.9 Å². The highest BCUT2D eigenvalue weighted by Crippen LogP contribution is 2.20. The standard InChI is InChI=1S/C16H24N2O2/c1-2-13-20-15-6-4-3-5-14(15)7-8-16(19)18-11-9-17-10-12-18/h3-6,17H,2,7-13H2,1H3. The molecule has 1 heterocycles. The fourth-order valence-corrected chi connectivity index (χ4v) is 2.38. The second kappa shape index (κ2) is 7.90. The van der Waals surface area contributed by atoms with Crippen molar-refractivity contribution < 1.29 is 9.53 Å². The summed E-state index contributed by atoms with van der Waals surface area (Å²) < 4.78 is 5.73. The number of nitrogens with one attached hydrogen (secondary N) is 1. The van der Waals surface area contributed by atoms with Gasteiger partial charge in [0.1, 0.15) is 5.75 Å². The molecule has 0 bridgehead atoms. The molecule has 20 heavy (non-hydrogen) atoms. The summed E-state index contributed by atoms with van der Waals surface area (Å²) >= 11 is 0. The monoisotopic (exact) mass is 276 g/mol. The number of carbonyl (C=O) groups is 1. The molecule has 0 aliphatic carbocycles. The number of para-hydroxylation sites is 1. The number of hydrogen-bond donors (Lipinski definition) is 1. The van der Waals surface area contributed by atoms with Gasteiger partial charge in [0.25, 0.3) is 0 Å². The molecule has 0 aromatic heterocycles. The Balaban J connectivity index is 1.87. The van der Waals surface area contributed by atoms with Gasteiger partial charge in [-0.3, -0.25) is 4.79 Å². The molecule has 1 saturated heterocycles. The number of carbonyl (C=O) groups excluding carboxylic acids is 1. The van der Waals surface area contributed by atoms with E-state index in [-0.39, 0.29) is 5.91 Å². The average Bonchev–Trinajstić information content (AvgIpc) is 2.52. The van der Waals surface area contributed by atoms with Crippen LogP contribution < -0.4 is 10.1 Å². The summed E-state index contributed by atoms with van der Waals surface area (Å²) in [5, 5.41) is 3.26. The average molecular weight is 276 g/mol. The number of rotatable bonds is 6. The maximum atomic E-state index is 12.2. The van der Waals surface area contributed by atoms with Crippen molar-refractivity contribution in [2.45, 2.75) is 26.2 Å². The molecular formula is C16H24N2O2. The highest BCUT2D eigenvalue weighted by molar-refractivity contribution is 5.76.